The number of carbonyl (C=O) groups is 1. The SMILES string of the molecule is Cc1ccn(CC2(Cn3ccnc3C)CC2)c(=O)c1C(=O)O. The smallest absolute Gasteiger partial charge is 0.341 e. The Hall–Kier alpha value is -2.37. The fourth-order valence-corrected chi connectivity index (χ4v) is 2.89. The molecule has 116 valence electrons. The molecular weight excluding hydrogens is 282 g/mol. The minimum absolute atomic E-state index is 0.0281. The third-order valence-corrected chi connectivity index (χ3v) is 4.48. The van der Waals surface area contributed by atoms with Crippen molar-refractivity contribution in [1.29, 1.82) is 0 Å². The van der Waals surface area contributed by atoms with Gasteiger partial charge in [0.05, 0.1) is 0 Å². The maximum atomic E-state index is 12.4. The second-order valence-corrected chi connectivity index (χ2v) is 6.21. The maximum absolute atomic E-state index is 12.4. The van der Waals surface area contributed by atoms with E-state index in [2.05, 4.69) is 9.55 Å². The number of aryl methyl sites for hydroxylation is 2. The van der Waals surface area contributed by atoms with Crippen LogP contribution in [0.3, 0.4) is 0 Å². The lowest BCUT2D eigenvalue weighted by Gasteiger charge is -2.19. The second-order valence-electron chi connectivity index (χ2n) is 6.21. The lowest BCUT2D eigenvalue weighted by molar-refractivity contribution is 0.0693. The van der Waals surface area contributed by atoms with Gasteiger partial charge in [0.2, 0.25) is 0 Å². The van der Waals surface area contributed by atoms with E-state index < -0.39 is 11.5 Å². The van der Waals surface area contributed by atoms with Gasteiger partial charge in [0.1, 0.15) is 11.4 Å². The molecule has 1 aliphatic rings. The van der Waals surface area contributed by atoms with Gasteiger partial charge >= 0.3 is 5.97 Å². The highest BCUT2D eigenvalue weighted by Crippen LogP contribution is 2.48. The first-order valence-electron chi connectivity index (χ1n) is 7.33. The van der Waals surface area contributed by atoms with E-state index in [-0.39, 0.29) is 11.0 Å². The predicted molar refractivity (Wildman–Crippen MR) is 81.0 cm³/mol. The molecule has 3 rings (SSSR count). The van der Waals surface area contributed by atoms with Gasteiger partial charge in [-0.25, -0.2) is 9.78 Å². The van der Waals surface area contributed by atoms with Gasteiger partial charge in [0.25, 0.3) is 5.56 Å². The van der Waals surface area contributed by atoms with Crippen LogP contribution in [0.1, 0.15) is 34.6 Å². The Morgan fingerprint density at radius 2 is 1.95 bits per heavy atom. The van der Waals surface area contributed by atoms with Crippen LogP contribution in [0.4, 0.5) is 0 Å². The summed E-state index contributed by atoms with van der Waals surface area (Å²) in [5.74, 6) is -0.207. The van der Waals surface area contributed by atoms with E-state index in [4.69, 9.17) is 0 Å². The summed E-state index contributed by atoms with van der Waals surface area (Å²) in [5, 5.41) is 9.20. The molecule has 0 amide bonds. The zero-order valence-electron chi connectivity index (χ0n) is 12.7. The lowest BCUT2D eigenvalue weighted by atomic mass is 10.1. The number of carboxylic acid groups (broad SMARTS) is 1. The Morgan fingerprint density at radius 3 is 2.50 bits per heavy atom. The first-order valence-corrected chi connectivity index (χ1v) is 7.33. The van der Waals surface area contributed by atoms with Crippen LogP contribution in [0.15, 0.2) is 29.5 Å². The highest BCUT2D eigenvalue weighted by atomic mass is 16.4. The number of hydrogen-bond acceptors (Lipinski definition) is 3. The third kappa shape index (κ3) is 2.56. The van der Waals surface area contributed by atoms with Gasteiger partial charge in [-0.1, -0.05) is 0 Å². The van der Waals surface area contributed by atoms with Crippen molar-refractivity contribution in [1.82, 2.24) is 14.1 Å². The molecule has 6 heteroatoms. The quantitative estimate of drug-likeness (QED) is 0.914. The first kappa shape index (κ1) is 14.6. The molecule has 6 nitrogen and oxygen atoms in total. The Balaban J connectivity index is 1.88. The van der Waals surface area contributed by atoms with E-state index in [0.717, 1.165) is 25.2 Å². The molecule has 1 N–H and O–H groups in total. The summed E-state index contributed by atoms with van der Waals surface area (Å²) in [5.41, 5.74) is -0.0115. The van der Waals surface area contributed by atoms with Gasteiger partial charge in [-0.3, -0.25) is 4.79 Å². The minimum Gasteiger partial charge on any atom is -0.477 e. The number of nitrogens with zero attached hydrogens (tertiary/aromatic N) is 3. The van der Waals surface area contributed by atoms with Crippen LogP contribution >= 0.6 is 0 Å². The monoisotopic (exact) mass is 301 g/mol. The molecule has 0 bridgehead atoms. The standard InChI is InChI=1S/C16H19N3O3/c1-11-3-7-19(14(20)13(11)15(21)22)10-16(4-5-16)9-18-8-6-17-12(18)2/h3,6-8H,4-5,9-10H2,1-2H3,(H,21,22). The molecule has 2 aromatic rings. The topological polar surface area (TPSA) is 77.1 Å². The predicted octanol–water partition coefficient (Wildman–Crippen LogP) is 1.84. The first-order chi connectivity index (χ1) is 10.4. The summed E-state index contributed by atoms with van der Waals surface area (Å²) in [6.07, 6.45) is 7.48. The minimum atomic E-state index is -1.16. The van der Waals surface area contributed by atoms with Crippen LogP contribution in [0, 0.1) is 19.3 Å². The van der Waals surface area contributed by atoms with E-state index in [1.165, 1.54) is 4.57 Å². The van der Waals surface area contributed by atoms with Crippen LogP contribution in [0.5, 0.6) is 0 Å². The normalized spacial score (nSPS) is 15.7. The average Bonchev–Trinajstić information content (AvgIpc) is 3.09. The Labute approximate surface area is 128 Å². The molecule has 1 saturated carbocycles. The fourth-order valence-electron chi connectivity index (χ4n) is 2.89. The van der Waals surface area contributed by atoms with Crippen molar-refractivity contribution in [2.24, 2.45) is 5.41 Å². The largest absolute Gasteiger partial charge is 0.477 e. The van der Waals surface area contributed by atoms with Gasteiger partial charge in [0.15, 0.2) is 0 Å². The third-order valence-electron chi connectivity index (χ3n) is 4.48. The molecule has 1 fully saturated rings. The summed E-state index contributed by atoms with van der Waals surface area (Å²) in [6.45, 7) is 4.96. The molecule has 0 aliphatic heterocycles. The summed E-state index contributed by atoms with van der Waals surface area (Å²) in [4.78, 5) is 27.8. The van der Waals surface area contributed by atoms with Gasteiger partial charge in [-0.05, 0) is 38.3 Å². The van der Waals surface area contributed by atoms with Crippen molar-refractivity contribution in [3.63, 3.8) is 0 Å². The molecule has 0 saturated heterocycles. The van der Waals surface area contributed by atoms with Crippen molar-refractivity contribution >= 4 is 5.97 Å². The average molecular weight is 301 g/mol. The highest BCUT2D eigenvalue weighted by molar-refractivity contribution is 5.88. The molecule has 0 unspecified atom stereocenters. The molecule has 0 aromatic carbocycles. The van der Waals surface area contributed by atoms with Crippen molar-refractivity contribution in [3.8, 4) is 0 Å². The summed E-state index contributed by atoms with van der Waals surface area (Å²) >= 11 is 0. The van der Waals surface area contributed by atoms with Crippen molar-refractivity contribution in [2.75, 3.05) is 0 Å². The fraction of sp³-hybridized carbons (Fsp3) is 0.438. The number of carboxylic acids is 1. The molecule has 0 spiro atoms. The van der Waals surface area contributed by atoms with Gasteiger partial charge in [-0.15, -0.1) is 0 Å². The molecular formula is C16H19N3O3. The van der Waals surface area contributed by atoms with E-state index in [0.29, 0.717) is 12.1 Å². The van der Waals surface area contributed by atoms with Gasteiger partial charge in [0, 0.05) is 37.1 Å². The number of imidazole rings is 1. The zero-order valence-corrected chi connectivity index (χ0v) is 12.7. The summed E-state index contributed by atoms with van der Waals surface area (Å²) < 4.78 is 3.63. The van der Waals surface area contributed by atoms with Gasteiger partial charge in [-0.2, -0.15) is 0 Å². The number of hydrogen-bond donors (Lipinski definition) is 1. The molecule has 0 radical (unpaired) electrons. The molecule has 0 atom stereocenters. The van der Waals surface area contributed by atoms with Crippen LogP contribution in [0.25, 0.3) is 0 Å². The zero-order chi connectivity index (χ0) is 15.9. The maximum Gasteiger partial charge on any atom is 0.341 e. The second kappa shape index (κ2) is 5.12. The van der Waals surface area contributed by atoms with E-state index in [1.807, 2.05) is 13.1 Å². The molecule has 1 aliphatic carbocycles. The van der Waals surface area contributed by atoms with Gasteiger partial charge < -0.3 is 14.2 Å². The molecule has 2 aromatic heterocycles. The van der Waals surface area contributed by atoms with E-state index >= 15 is 0 Å². The summed E-state index contributed by atoms with van der Waals surface area (Å²) in [6, 6.07) is 1.70. The number of pyridine rings is 1. The number of aromatic carboxylic acids is 1. The lowest BCUT2D eigenvalue weighted by Crippen LogP contribution is -2.31. The van der Waals surface area contributed by atoms with E-state index in [1.54, 1.807) is 25.4 Å². The number of rotatable bonds is 5. The Bertz CT molecular complexity index is 784. The van der Waals surface area contributed by atoms with Crippen LogP contribution in [0.2, 0.25) is 0 Å². The highest BCUT2D eigenvalue weighted by Gasteiger charge is 2.43. The van der Waals surface area contributed by atoms with Crippen LogP contribution < -0.4 is 5.56 Å². The summed E-state index contributed by atoms with van der Waals surface area (Å²) in [7, 11) is 0. The Kier molecular flexibility index (Phi) is 3.39. The van der Waals surface area contributed by atoms with Crippen molar-refractivity contribution < 1.29 is 9.90 Å². The van der Waals surface area contributed by atoms with Crippen molar-refractivity contribution in [2.45, 2.75) is 39.8 Å². The van der Waals surface area contributed by atoms with E-state index in [9.17, 15) is 14.7 Å². The number of aromatic nitrogens is 3. The Morgan fingerprint density at radius 1 is 1.27 bits per heavy atom. The van der Waals surface area contributed by atoms with Crippen LogP contribution in [-0.4, -0.2) is 25.2 Å². The van der Waals surface area contributed by atoms with Crippen molar-refractivity contribution in [3.05, 3.63) is 52.0 Å². The van der Waals surface area contributed by atoms with Crippen LogP contribution in [-0.2, 0) is 13.1 Å². The molecule has 2 heterocycles. The molecule has 22 heavy (non-hydrogen) atoms.